The summed E-state index contributed by atoms with van der Waals surface area (Å²) in [5, 5.41) is 18.8. The van der Waals surface area contributed by atoms with E-state index in [-0.39, 0.29) is 23.3 Å². The summed E-state index contributed by atoms with van der Waals surface area (Å²) in [6.45, 7) is 7.62. The van der Waals surface area contributed by atoms with Crippen LogP contribution in [0.1, 0.15) is 39.2 Å². The second kappa shape index (κ2) is 7.78. The summed E-state index contributed by atoms with van der Waals surface area (Å²) in [5.41, 5.74) is 0.856. The molecule has 20 heavy (non-hydrogen) atoms. The van der Waals surface area contributed by atoms with Crippen LogP contribution in [0.25, 0.3) is 0 Å². The summed E-state index contributed by atoms with van der Waals surface area (Å²) >= 11 is 0. The molecule has 0 heterocycles. The molecule has 0 radical (unpaired) electrons. The average Bonchev–Trinajstić information content (AvgIpc) is 2.42. The maximum absolute atomic E-state index is 12.4. The van der Waals surface area contributed by atoms with Crippen molar-refractivity contribution in [3.8, 4) is 11.5 Å². The molecule has 0 saturated heterocycles. The fraction of sp³-hybridized carbons (Fsp3) is 0.562. The van der Waals surface area contributed by atoms with Gasteiger partial charge in [0.2, 0.25) is 5.91 Å². The first-order valence-corrected chi connectivity index (χ1v) is 7.29. The average molecular weight is 279 g/mol. The summed E-state index contributed by atoms with van der Waals surface area (Å²) in [5.74, 6) is -0.245. The second-order valence-corrected chi connectivity index (χ2v) is 5.25. The van der Waals surface area contributed by atoms with Gasteiger partial charge in [-0.05, 0) is 37.0 Å². The smallest absolute Gasteiger partial charge is 0.225 e. The third-order valence-corrected chi connectivity index (χ3v) is 3.30. The summed E-state index contributed by atoms with van der Waals surface area (Å²) in [6, 6.07) is 4.71. The first-order chi connectivity index (χ1) is 9.49. The van der Waals surface area contributed by atoms with Crippen molar-refractivity contribution in [2.75, 3.05) is 13.1 Å². The van der Waals surface area contributed by atoms with E-state index in [1.165, 1.54) is 12.1 Å². The quantitative estimate of drug-likeness (QED) is 0.754. The highest BCUT2D eigenvalue weighted by molar-refractivity contribution is 5.78. The third-order valence-electron chi connectivity index (χ3n) is 3.30. The zero-order valence-corrected chi connectivity index (χ0v) is 12.6. The number of phenols is 2. The van der Waals surface area contributed by atoms with E-state index >= 15 is 0 Å². The zero-order chi connectivity index (χ0) is 15.1. The van der Waals surface area contributed by atoms with Gasteiger partial charge in [0.1, 0.15) is 0 Å². The number of carbonyl (C=O) groups is 1. The highest BCUT2D eigenvalue weighted by Gasteiger charge is 2.20. The molecule has 4 nitrogen and oxygen atoms in total. The van der Waals surface area contributed by atoms with Crippen LogP contribution in [0.2, 0.25) is 0 Å². The summed E-state index contributed by atoms with van der Waals surface area (Å²) in [6.07, 6.45) is 2.48. The predicted molar refractivity (Wildman–Crippen MR) is 79.8 cm³/mol. The molecule has 0 saturated carbocycles. The fourth-order valence-electron chi connectivity index (χ4n) is 2.32. The van der Waals surface area contributed by atoms with Gasteiger partial charge in [0.05, 0.1) is 0 Å². The highest BCUT2D eigenvalue weighted by Crippen LogP contribution is 2.26. The number of carbonyl (C=O) groups excluding carboxylic acids is 1. The molecule has 1 aromatic rings. The molecule has 0 aliphatic rings. The van der Waals surface area contributed by atoms with Crippen molar-refractivity contribution in [1.29, 1.82) is 0 Å². The molecule has 2 N–H and O–H groups in total. The minimum Gasteiger partial charge on any atom is -0.504 e. The lowest BCUT2D eigenvalue weighted by Crippen LogP contribution is -2.37. The van der Waals surface area contributed by atoms with Crippen LogP contribution in [0.4, 0.5) is 0 Å². The van der Waals surface area contributed by atoms with Gasteiger partial charge in [0.25, 0.3) is 0 Å². The minimum absolute atomic E-state index is 0.128. The van der Waals surface area contributed by atoms with Gasteiger partial charge in [0, 0.05) is 19.0 Å². The molecule has 1 aromatic carbocycles. The van der Waals surface area contributed by atoms with Crippen LogP contribution >= 0.6 is 0 Å². The largest absolute Gasteiger partial charge is 0.504 e. The molecular weight excluding hydrogens is 254 g/mol. The van der Waals surface area contributed by atoms with Crippen molar-refractivity contribution < 1.29 is 15.0 Å². The first kappa shape index (κ1) is 16.3. The Balaban J connectivity index is 2.70. The minimum atomic E-state index is -0.138. The van der Waals surface area contributed by atoms with Gasteiger partial charge in [0.15, 0.2) is 11.5 Å². The number of phenolic OH excluding ortho intramolecular Hbond substituents is 2. The van der Waals surface area contributed by atoms with E-state index in [2.05, 4.69) is 13.8 Å². The Labute approximate surface area is 121 Å². The zero-order valence-electron chi connectivity index (χ0n) is 12.6. The maximum atomic E-state index is 12.4. The van der Waals surface area contributed by atoms with E-state index in [9.17, 15) is 15.0 Å². The number of hydrogen-bond acceptors (Lipinski definition) is 3. The normalized spacial score (nSPS) is 12.2. The van der Waals surface area contributed by atoms with E-state index in [4.69, 9.17) is 0 Å². The summed E-state index contributed by atoms with van der Waals surface area (Å²) < 4.78 is 0. The first-order valence-electron chi connectivity index (χ1n) is 7.29. The molecule has 1 amide bonds. The molecule has 0 aromatic heterocycles. The highest BCUT2D eigenvalue weighted by atomic mass is 16.3. The fourth-order valence-corrected chi connectivity index (χ4v) is 2.32. The molecule has 1 unspecified atom stereocenters. The van der Waals surface area contributed by atoms with Gasteiger partial charge in [-0.15, -0.1) is 0 Å². The van der Waals surface area contributed by atoms with Crippen molar-refractivity contribution in [1.82, 2.24) is 4.90 Å². The Hall–Kier alpha value is -1.71. The van der Waals surface area contributed by atoms with Crippen LogP contribution in [0.5, 0.6) is 11.5 Å². The van der Waals surface area contributed by atoms with Gasteiger partial charge >= 0.3 is 0 Å². The van der Waals surface area contributed by atoms with Crippen molar-refractivity contribution in [2.45, 2.75) is 40.0 Å². The number of hydrogen-bond donors (Lipinski definition) is 2. The van der Waals surface area contributed by atoms with Crippen LogP contribution < -0.4 is 0 Å². The van der Waals surface area contributed by atoms with Crippen molar-refractivity contribution >= 4 is 5.91 Å². The number of benzene rings is 1. The topological polar surface area (TPSA) is 60.8 Å². The standard InChI is InChI=1S/C16H25NO3/c1-4-8-17(9-5-2)16(20)12(3)10-13-6-7-14(18)15(19)11-13/h6-7,11-12,18-19H,4-5,8-10H2,1-3H3. The van der Waals surface area contributed by atoms with Crippen molar-refractivity contribution in [2.24, 2.45) is 5.92 Å². The predicted octanol–water partition coefficient (Wildman–Crippen LogP) is 2.93. The molecule has 0 fully saturated rings. The number of rotatable bonds is 7. The monoisotopic (exact) mass is 279 g/mol. The molecule has 0 spiro atoms. The Kier molecular flexibility index (Phi) is 6.36. The van der Waals surface area contributed by atoms with E-state index in [1.807, 2.05) is 11.8 Å². The molecular formula is C16H25NO3. The Morgan fingerprint density at radius 3 is 2.25 bits per heavy atom. The second-order valence-electron chi connectivity index (χ2n) is 5.25. The third kappa shape index (κ3) is 4.44. The van der Waals surface area contributed by atoms with Gasteiger partial charge in [-0.2, -0.15) is 0 Å². The molecule has 0 aliphatic heterocycles. The van der Waals surface area contributed by atoms with Crippen LogP contribution in [-0.2, 0) is 11.2 Å². The van der Waals surface area contributed by atoms with Crippen LogP contribution in [0.3, 0.4) is 0 Å². The van der Waals surface area contributed by atoms with E-state index in [0.29, 0.717) is 6.42 Å². The number of nitrogens with zero attached hydrogens (tertiary/aromatic N) is 1. The Morgan fingerprint density at radius 2 is 1.75 bits per heavy atom. The van der Waals surface area contributed by atoms with E-state index < -0.39 is 0 Å². The Bertz CT molecular complexity index is 439. The summed E-state index contributed by atoms with van der Waals surface area (Å²) in [4.78, 5) is 14.3. The molecule has 4 heteroatoms. The van der Waals surface area contributed by atoms with Gasteiger partial charge in [-0.1, -0.05) is 26.8 Å². The number of amides is 1. The van der Waals surface area contributed by atoms with Gasteiger partial charge < -0.3 is 15.1 Å². The molecule has 1 atom stereocenters. The van der Waals surface area contributed by atoms with Gasteiger partial charge in [-0.3, -0.25) is 4.79 Å². The molecule has 1 rings (SSSR count). The van der Waals surface area contributed by atoms with E-state index in [1.54, 1.807) is 6.07 Å². The maximum Gasteiger partial charge on any atom is 0.225 e. The lowest BCUT2D eigenvalue weighted by molar-refractivity contribution is -0.135. The lowest BCUT2D eigenvalue weighted by Gasteiger charge is -2.25. The van der Waals surface area contributed by atoms with Crippen molar-refractivity contribution in [3.63, 3.8) is 0 Å². The van der Waals surface area contributed by atoms with Gasteiger partial charge in [-0.25, -0.2) is 0 Å². The molecule has 0 aliphatic carbocycles. The van der Waals surface area contributed by atoms with E-state index in [0.717, 1.165) is 31.5 Å². The number of aromatic hydroxyl groups is 2. The van der Waals surface area contributed by atoms with Crippen molar-refractivity contribution in [3.05, 3.63) is 23.8 Å². The van der Waals surface area contributed by atoms with Crippen LogP contribution in [-0.4, -0.2) is 34.1 Å². The van der Waals surface area contributed by atoms with Crippen LogP contribution in [0.15, 0.2) is 18.2 Å². The lowest BCUT2D eigenvalue weighted by atomic mass is 9.99. The molecule has 112 valence electrons. The molecule has 0 bridgehead atoms. The Morgan fingerprint density at radius 1 is 1.15 bits per heavy atom. The summed E-state index contributed by atoms with van der Waals surface area (Å²) in [7, 11) is 0. The van der Waals surface area contributed by atoms with Crippen LogP contribution in [0, 0.1) is 5.92 Å². The SMILES string of the molecule is CCCN(CCC)C(=O)C(C)Cc1ccc(O)c(O)c1.